The van der Waals surface area contributed by atoms with Crippen molar-refractivity contribution in [2.45, 2.75) is 57.1 Å². The molecule has 0 aliphatic heterocycles. The number of ketones is 3. The van der Waals surface area contributed by atoms with Crippen molar-refractivity contribution in [2.24, 2.45) is 17.6 Å². The Morgan fingerprint density at radius 3 is 2.22 bits per heavy atom. The second kappa shape index (κ2) is 10.1. The molecule has 4 atom stereocenters. The number of carbonyl (C=O) groups is 4. The van der Waals surface area contributed by atoms with E-state index in [1.807, 2.05) is 39.8 Å². The van der Waals surface area contributed by atoms with E-state index in [0.29, 0.717) is 23.2 Å². The Labute approximate surface area is 238 Å². The Morgan fingerprint density at radius 2 is 1.71 bits per heavy atom. The van der Waals surface area contributed by atoms with Crippen molar-refractivity contribution in [3.8, 4) is 5.75 Å². The lowest BCUT2D eigenvalue weighted by Gasteiger charge is -2.50. The highest BCUT2D eigenvalue weighted by molar-refractivity contribution is 6.24. The van der Waals surface area contributed by atoms with Crippen LogP contribution in [-0.2, 0) is 26.2 Å². The predicted molar refractivity (Wildman–Crippen MR) is 150 cm³/mol. The lowest BCUT2D eigenvalue weighted by Crippen LogP contribution is -2.65. The first-order valence-electron chi connectivity index (χ1n) is 13.6. The fourth-order valence-electron chi connectivity index (χ4n) is 6.59. The highest BCUT2D eigenvalue weighted by atomic mass is 16.3. The number of phenolic OH excluding ortho intramolecular Hbond substituents is 1. The monoisotopic (exact) mass is 569 g/mol. The van der Waals surface area contributed by atoms with Crippen LogP contribution in [0.1, 0.15) is 60.7 Å². The molecule has 0 radical (unpaired) electrons. The van der Waals surface area contributed by atoms with Gasteiger partial charge in [-0.25, -0.2) is 0 Å². The molecule has 3 aliphatic rings. The molecular formula is C30H39N3O8. The van der Waals surface area contributed by atoms with Gasteiger partial charge in [-0.3, -0.25) is 24.1 Å². The molecule has 0 bridgehead atoms. The van der Waals surface area contributed by atoms with Crippen LogP contribution in [0.25, 0.3) is 5.76 Å². The van der Waals surface area contributed by atoms with Crippen molar-refractivity contribution < 1.29 is 39.6 Å². The van der Waals surface area contributed by atoms with Crippen LogP contribution in [0.2, 0.25) is 0 Å². The third-order valence-corrected chi connectivity index (χ3v) is 8.62. The van der Waals surface area contributed by atoms with E-state index in [9.17, 15) is 39.6 Å². The first-order chi connectivity index (χ1) is 18.8. The number of carbonyl (C=O) groups excluding carboxylic acids is 4. The summed E-state index contributed by atoms with van der Waals surface area (Å²) >= 11 is 0. The van der Waals surface area contributed by atoms with Gasteiger partial charge in [-0.15, -0.1) is 0 Å². The van der Waals surface area contributed by atoms with Crippen LogP contribution >= 0.6 is 0 Å². The molecule has 0 aromatic heterocycles. The Bertz CT molecular complexity index is 1430. The zero-order valence-electron chi connectivity index (χ0n) is 24.5. The number of primary amides is 1. The van der Waals surface area contributed by atoms with Crippen LogP contribution in [0.5, 0.6) is 5.75 Å². The van der Waals surface area contributed by atoms with Crippen molar-refractivity contribution in [3.63, 3.8) is 0 Å². The van der Waals surface area contributed by atoms with Gasteiger partial charge in [0.1, 0.15) is 22.8 Å². The van der Waals surface area contributed by atoms with Gasteiger partial charge in [0.25, 0.3) is 5.91 Å². The summed E-state index contributed by atoms with van der Waals surface area (Å²) in [5.41, 5.74) is 1.94. The van der Waals surface area contributed by atoms with E-state index in [1.54, 1.807) is 20.2 Å². The van der Waals surface area contributed by atoms with Gasteiger partial charge >= 0.3 is 0 Å². The maximum absolute atomic E-state index is 14.1. The topological polar surface area (TPSA) is 182 Å². The highest BCUT2D eigenvalue weighted by Crippen LogP contribution is 2.54. The van der Waals surface area contributed by atoms with Gasteiger partial charge in [0, 0.05) is 35.6 Å². The van der Waals surface area contributed by atoms with E-state index in [2.05, 4.69) is 0 Å². The first-order valence-corrected chi connectivity index (χ1v) is 13.6. The lowest BCUT2D eigenvalue weighted by molar-refractivity contribution is -0.153. The van der Waals surface area contributed by atoms with Gasteiger partial charge in [-0.05, 0) is 64.0 Å². The fourth-order valence-corrected chi connectivity index (χ4v) is 6.59. The number of Topliss-reactive ketones (excluding diaryl/α,β-unsaturated/α-hetero) is 3. The molecule has 3 aliphatic carbocycles. The maximum Gasteiger partial charge on any atom is 0.255 e. The second-order valence-electron chi connectivity index (χ2n) is 12.9. The van der Waals surface area contributed by atoms with Gasteiger partial charge in [-0.1, -0.05) is 20.8 Å². The molecule has 1 amide bonds. The molecular weight excluding hydrogens is 530 g/mol. The normalized spacial score (nSPS) is 26.3. The van der Waals surface area contributed by atoms with Gasteiger partial charge in [0.15, 0.2) is 17.2 Å². The zero-order valence-corrected chi connectivity index (χ0v) is 24.5. The molecule has 1 saturated carbocycles. The molecule has 1 aromatic rings. The smallest absolute Gasteiger partial charge is 0.255 e. The number of aromatic hydroxyl groups is 1. The SMILES string of the molecule is CN(C)CCC(=O)c1cc(C(C)(C)C)c(O)c2c1C[C@H]1C[C@H]3[C@H](N(C)C)C(=O)C(C(N)=O)=C(O)[C@@]3(O)C(=O)C1=C2O. The number of aliphatic hydroxyl groups excluding tert-OH is 2. The molecule has 11 nitrogen and oxygen atoms in total. The molecule has 11 heteroatoms. The summed E-state index contributed by atoms with van der Waals surface area (Å²) in [5.74, 6) is -7.35. The third-order valence-electron chi connectivity index (χ3n) is 8.62. The Morgan fingerprint density at radius 1 is 1.10 bits per heavy atom. The van der Waals surface area contributed by atoms with Gasteiger partial charge in [0.05, 0.1) is 11.6 Å². The first kappa shape index (κ1) is 30.4. The van der Waals surface area contributed by atoms with Crippen LogP contribution in [0.15, 0.2) is 23.0 Å². The third kappa shape index (κ3) is 4.56. The second-order valence-corrected chi connectivity index (χ2v) is 12.9. The zero-order chi connectivity index (χ0) is 30.9. The van der Waals surface area contributed by atoms with Crippen molar-refractivity contribution in [1.29, 1.82) is 0 Å². The summed E-state index contributed by atoms with van der Waals surface area (Å²) in [7, 11) is 6.77. The number of rotatable bonds is 6. The van der Waals surface area contributed by atoms with Crippen LogP contribution in [0, 0.1) is 11.8 Å². The fraction of sp³-hybridized carbons (Fsp3) is 0.533. The number of amides is 1. The average Bonchev–Trinajstić information content (AvgIpc) is 2.83. The predicted octanol–water partition coefficient (Wildman–Crippen LogP) is 1.40. The van der Waals surface area contributed by atoms with Crippen molar-refractivity contribution >= 4 is 29.0 Å². The van der Waals surface area contributed by atoms with Crippen LogP contribution in [0.3, 0.4) is 0 Å². The quantitative estimate of drug-likeness (QED) is 0.248. The minimum absolute atomic E-state index is 0.0428. The molecule has 222 valence electrons. The largest absolute Gasteiger partial charge is 0.508 e. The van der Waals surface area contributed by atoms with E-state index in [4.69, 9.17) is 5.73 Å². The van der Waals surface area contributed by atoms with E-state index >= 15 is 0 Å². The van der Waals surface area contributed by atoms with Gasteiger partial charge < -0.3 is 31.1 Å². The van der Waals surface area contributed by atoms with Crippen molar-refractivity contribution in [2.75, 3.05) is 34.7 Å². The Hall–Kier alpha value is -3.54. The van der Waals surface area contributed by atoms with E-state index in [-0.39, 0.29) is 41.9 Å². The molecule has 0 saturated heterocycles. The number of fused-ring (bicyclic) bond motifs is 3. The number of nitrogens with zero attached hydrogens (tertiary/aromatic N) is 2. The highest BCUT2D eigenvalue weighted by Gasteiger charge is 2.64. The molecule has 0 heterocycles. The minimum Gasteiger partial charge on any atom is -0.508 e. The molecule has 1 fully saturated rings. The van der Waals surface area contributed by atoms with Gasteiger partial charge in [0.2, 0.25) is 5.78 Å². The summed E-state index contributed by atoms with van der Waals surface area (Å²) in [4.78, 5) is 56.3. The number of hydrogen-bond acceptors (Lipinski definition) is 10. The Kier molecular flexibility index (Phi) is 7.47. The lowest BCUT2D eigenvalue weighted by atomic mass is 9.57. The van der Waals surface area contributed by atoms with Crippen molar-refractivity contribution in [3.05, 3.63) is 45.2 Å². The number of aliphatic hydroxyl groups is 3. The molecule has 6 N–H and O–H groups in total. The number of phenols is 1. The van der Waals surface area contributed by atoms with Crippen molar-refractivity contribution in [1.82, 2.24) is 9.80 Å². The maximum atomic E-state index is 14.1. The molecule has 1 aromatic carbocycles. The van der Waals surface area contributed by atoms with Gasteiger partial charge in [-0.2, -0.15) is 0 Å². The average molecular weight is 570 g/mol. The van der Waals surface area contributed by atoms with E-state index in [1.165, 1.54) is 4.90 Å². The summed E-state index contributed by atoms with van der Waals surface area (Å²) in [6.07, 6.45) is 0.206. The number of nitrogens with two attached hydrogens (primary N) is 1. The minimum atomic E-state index is -2.72. The van der Waals surface area contributed by atoms with Crippen LogP contribution < -0.4 is 5.73 Å². The number of likely N-dealkylation sites (N-methyl/N-ethyl adjacent to an activating group) is 1. The number of hydrogen-bond donors (Lipinski definition) is 5. The molecule has 0 spiro atoms. The van der Waals surface area contributed by atoms with E-state index in [0.717, 1.165) is 0 Å². The summed E-state index contributed by atoms with van der Waals surface area (Å²) in [5, 5.41) is 45.8. The standard InChI is InChI=1S/C30H39N3O8/c1-29(2,3)17-12-14(18(34)8-9-32(4)5)15-10-13-11-16-22(33(6)7)25(37)21(28(31)40)27(39)30(16,41)26(38)19(13)24(36)20(15)23(17)35/h12-13,16,22,35-36,39,41H,8-11H2,1-7H3,(H2,31,40)/t13-,16-,22-,30-/m0/s1. The summed E-state index contributed by atoms with van der Waals surface area (Å²) in [6, 6.07) is 0.469. The summed E-state index contributed by atoms with van der Waals surface area (Å²) in [6.45, 7) is 5.99. The molecule has 41 heavy (non-hydrogen) atoms. The number of benzene rings is 1. The van der Waals surface area contributed by atoms with Crippen LogP contribution in [0.4, 0.5) is 0 Å². The molecule has 4 rings (SSSR count). The Balaban J connectivity index is 2.00. The van der Waals surface area contributed by atoms with E-state index < -0.39 is 63.5 Å². The molecule has 0 unspecified atom stereocenters. The van der Waals surface area contributed by atoms with Crippen LogP contribution in [-0.4, -0.2) is 99.9 Å². The summed E-state index contributed by atoms with van der Waals surface area (Å²) < 4.78 is 0.